The summed E-state index contributed by atoms with van der Waals surface area (Å²) in [5.74, 6) is -0.441. The van der Waals surface area contributed by atoms with E-state index in [4.69, 9.17) is 4.99 Å². The predicted molar refractivity (Wildman–Crippen MR) is 204 cm³/mol. The Morgan fingerprint density at radius 1 is 0.902 bits per heavy atom. The average molecular weight is 700 g/mol. The molecule has 2 heterocycles. The number of aliphatic imine (C=N–C) groups is 1. The molecule has 0 amide bonds. The number of fused-ring (bicyclic) bond motifs is 5. The summed E-state index contributed by atoms with van der Waals surface area (Å²) in [6.07, 6.45) is 13.1. The molecular formula is C42H41N3O5S. The first-order chi connectivity index (χ1) is 24.1. The third-order valence-corrected chi connectivity index (χ3v) is 12.0. The lowest BCUT2D eigenvalue weighted by molar-refractivity contribution is 0.0696. The van der Waals surface area contributed by atoms with Gasteiger partial charge in [0.05, 0.1) is 22.6 Å². The van der Waals surface area contributed by atoms with Crippen LogP contribution in [0.25, 0.3) is 11.1 Å². The number of hydrogen-bond donors (Lipinski definition) is 3. The van der Waals surface area contributed by atoms with Crippen molar-refractivity contribution < 1.29 is 22.9 Å². The maximum absolute atomic E-state index is 11.7. The van der Waals surface area contributed by atoms with Gasteiger partial charge in [0.15, 0.2) is 0 Å². The summed E-state index contributed by atoms with van der Waals surface area (Å²) in [7, 11) is -2.34. The van der Waals surface area contributed by atoms with E-state index in [1.165, 1.54) is 39.0 Å². The Hall–Kier alpha value is -4.99. The number of benzene rings is 3. The Morgan fingerprint density at radius 2 is 1.63 bits per heavy atom. The second kappa shape index (κ2) is 11.5. The fraction of sp³-hybridized carbons (Fsp3) is 0.286. The van der Waals surface area contributed by atoms with E-state index >= 15 is 0 Å². The van der Waals surface area contributed by atoms with Crippen LogP contribution in [0.3, 0.4) is 0 Å². The lowest BCUT2D eigenvalue weighted by Gasteiger charge is -2.32. The number of likely N-dealkylation sites (N-methyl/N-ethyl adjacent to an activating group) is 1. The Labute approximate surface area is 299 Å². The van der Waals surface area contributed by atoms with Crippen LogP contribution in [0.1, 0.15) is 86.0 Å². The van der Waals surface area contributed by atoms with Gasteiger partial charge in [0, 0.05) is 29.3 Å². The fourth-order valence-corrected chi connectivity index (χ4v) is 9.36. The Bertz CT molecular complexity index is 2370. The molecule has 1 unspecified atom stereocenters. The summed E-state index contributed by atoms with van der Waals surface area (Å²) in [5.41, 5.74) is 14.9. The molecule has 8 rings (SSSR count). The van der Waals surface area contributed by atoms with Gasteiger partial charge < -0.3 is 10.0 Å². The van der Waals surface area contributed by atoms with E-state index in [0.29, 0.717) is 11.6 Å². The minimum absolute atomic E-state index is 0.277. The first kappa shape index (κ1) is 33.2. The SMILES string of the molecule is CN1/C(=C/C=C2\CCC3CCC(/C=C/C4=Nc5ccc(C(=O)O)cc5C4(C)C)=C4C3=C2c2ccccc24)C(C)(C)c2cc(NS(=O)(=O)O)ccc21. The maximum Gasteiger partial charge on any atom is 0.357 e. The van der Waals surface area contributed by atoms with Crippen LogP contribution in [0.5, 0.6) is 0 Å². The molecule has 3 aromatic carbocycles. The van der Waals surface area contributed by atoms with Crippen molar-refractivity contribution in [1.82, 2.24) is 0 Å². The molecule has 1 atom stereocenters. The number of carbonyl (C=O) groups is 1. The highest BCUT2D eigenvalue weighted by atomic mass is 32.2. The number of anilines is 2. The molecular weight excluding hydrogens is 659 g/mol. The monoisotopic (exact) mass is 699 g/mol. The van der Waals surface area contributed by atoms with Gasteiger partial charge in [-0.3, -0.25) is 14.3 Å². The molecule has 3 N–H and O–H groups in total. The summed E-state index contributed by atoms with van der Waals surface area (Å²) in [6, 6.07) is 19.3. The molecule has 8 nitrogen and oxygen atoms in total. The highest BCUT2D eigenvalue weighted by molar-refractivity contribution is 7.87. The molecule has 3 aliphatic carbocycles. The third kappa shape index (κ3) is 5.33. The molecule has 0 fully saturated rings. The van der Waals surface area contributed by atoms with Crippen molar-refractivity contribution in [2.45, 2.75) is 64.2 Å². The van der Waals surface area contributed by atoms with E-state index in [9.17, 15) is 22.9 Å². The van der Waals surface area contributed by atoms with Crippen LogP contribution in [0.2, 0.25) is 0 Å². The van der Waals surface area contributed by atoms with Gasteiger partial charge in [0.25, 0.3) is 0 Å². The first-order valence-electron chi connectivity index (χ1n) is 17.4. The molecule has 0 saturated heterocycles. The highest BCUT2D eigenvalue weighted by Crippen LogP contribution is 2.57. The van der Waals surface area contributed by atoms with Crippen molar-refractivity contribution in [3.05, 3.63) is 135 Å². The smallest absolute Gasteiger partial charge is 0.357 e. The molecule has 0 saturated carbocycles. The Morgan fingerprint density at radius 3 is 2.35 bits per heavy atom. The fourth-order valence-electron chi connectivity index (χ4n) is 8.94. The summed E-state index contributed by atoms with van der Waals surface area (Å²) >= 11 is 0. The Kier molecular flexibility index (Phi) is 7.49. The van der Waals surface area contributed by atoms with Crippen LogP contribution in [0, 0.1) is 5.92 Å². The van der Waals surface area contributed by atoms with E-state index < -0.39 is 27.1 Å². The lowest BCUT2D eigenvalue weighted by atomic mass is 9.72. The van der Waals surface area contributed by atoms with Crippen molar-refractivity contribution in [2.75, 3.05) is 16.7 Å². The molecule has 260 valence electrons. The normalized spacial score (nSPS) is 22.7. The largest absolute Gasteiger partial charge is 0.478 e. The summed E-state index contributed by atoms with van der Waals surface area (Å²) in [4.78, 5) is 18.8. The van der Waals surface area contributed by atoms with Gasteiger partial charge in [0.1, 0.15) is 0 Å². The van der Waals surface area contributed by atoms with Crippen LogP contribution in [-0.4, -0.2) is 36.8 Å². The van der Waals surface area contributed by atoms with Crippen LogP contribution in [-0.2, 0) is 21.1 Å². The number of allylic oxidation sites excluding steroid dienone is 10. The highest BCUT2D eigenvalue weighted by Gasteiger charge is 2.41. The molecule has 2 aliphatic heterocycles. The van der Waals surface area contributed by atoms with Gasteiger partial charge in [0.2, 0.25) is 0 Å². The van der Waals surface area contributed by atoms with E-state index in [-0.39, 0.29) is 5.56 Å². The maximum atomic E-state index is 11.7. The minimum Gasteiger partial charge on any atom is -0.478 e. The summed E-state index contributed by atoms with van der Waals surface area (Å²) in [5, 5.41) is 9.58. The molecule has 0 aromatic heterocycles. The van der Waals surface area contributed by atoms with Crippen molar-refractivity contribution in [3.63, 3.8) is 0 Å². The zero-order chi connectivity index (χ0) is 36.0. The number of nitrogens with zero attached hydrogens (tertiary/aromatic N) is 2. The summed E-state index contributed by atoms with van der Waals surface area (Å²) in [6.45, 7) is 8.50. The minimum atomic E-state index is -4.38. The average Bonchev–Trinajstić information content (AvgIpc) is 3.62. The van der Waals surface area contributed by atoms with Gasteiger partial charge in [-0.1, -0.05) is 64.1 Å². The number of hydrogen-bond acceptors (Lipinski definition) is 5. The van der Waals surface area contributed by atoms with Crippen molar-refractivity contribution in [2.24, 2.45) is 10.9 Å². The molecule has 0 radical (unpaired) electrons. The van der Waals surface area contributed by atoms with Crippen molar-refractivity contribution in [3.8, 4) is 0 Å². The van der Waals surface area contributed by atoms with Crippen LogP contribution in [0.15, 0.2) is 112 Å². The second-order valence-corrected chi connectivity index (χ2v) is 16.4. The quantitative estimate of drug-likeness (QED) is 0.221. The number of aromatic carboxylic acids is 1. The van der Waals surface area contributed by atoms with Crippen molar-refractivity contribution in [1.29, 1.82) is 0 Å². The van der Waals surface area contributed by atoms with Gasteiger partial charge in [-0.25, -0.2) is 4.79 Å². The van der Waals surface area contributed by atoms with E-state index in [1.807, 2.05) is 19.2 Å². The zero-order valence-electron chi connectivity index (χ0n) is 29.4. The summed E-state index contributed by atoms with van der Waals surface area (Å²) < 4.78 is 34.6. The van der Waals surface area contributed by atoms with Crippen molar-refractivity contribution >= 4 is 50.2 Å². The van der Waals surface area contributed by atoms with E-state index in [1.54, 1.807) is 24.3 Å². The zero-order valence-corrected chi connectivity index (χ0v) is 30.2. The molecule has 9 heteroatoms. The first-order valence-corrected chi connectivity index (χ1v) is 18.9. The molecule has 5 aliphatic rings. The lowest BCUT2D eigenvalue weighted by Crippen LogP contribution is -2.24. The van der Waals surface area contributed by atoms with Crippen LogP contribution in [0.4, 0.5) is 17.1 Å². The number of carboxylic acids is 1. The molecule has 0 bridgehead atoms. The molecule has 51 heavy (non-hydrogen) atoms. The molecule has 0 spiro atoms. The molecule has 3 aromatic rings. The van der Waals surface area contributed by atoms with Crippen LogP contribution >= 0.6 is 0 Å². The second-order valence-electron chi connectivity index (χ2n) is 15.2. The Balaban J connectivity index is 1.18. The van der Waals surface area contributed by atoms with Gasteiger partial charge in [-0.2, -0.15) is 8.42 Å². The van der Waals surface area contributed by atoms with E-state index in [2.05, 4.69) is 85.9 Å². The number of carboxylic acid groups (broad SMARTS) is 1. The van der Waals surface area contributed by atoms with Gasteiger partial charge in [-0.15, -0.1) is 0 Å². The van der Waals surface area contributed by atoms with E-state index in [0.717, 1.165) is 59.6 Å². The topological polar surface area (TPSA) is 119 Å². The third-order valence-electron chi connectivity index (χ3n) is 11.5. The number of rotatable bonds is 6. The predicted octanol–water partition coefficient (Wildman–Crippen LogP) is 9.18. The number of nitrogens with one attached hydrogen (secondary N) is 1. The van der Waals surface area contributed by atoms with Gasteiger partial charge >= 0.3 is 16.3 Å². The standard InChI is InChI=1S/C42H41N3O5S/c1-41(2)31-22-27(40(46)47)14-18-33(31)43-35(41)20-15-24-10-12-26-13-11-25(38-30-9-7-6-8-29(30)37(24)39(26)38)16-21-36-42(3,4)32-23-28(44-51(48,49)50)17-19-34(32)45(36)5/h6-9,14-23,26,44H,10-13H2,1-5H3,(H,46,47)(H,48,49,50)/b20-15+,25-16+,36-21+. The van der Waals surface area contributed by atoms with Gasteiger partial charge in [-0.05, 0) is 130 Å². The van der Waals surface area contributed by atoms with Crippen LogP contribution < -0.4 is 9.62 Å².